The van der Waals surface area contributed by atoms with Gasteiger partial charge in [-0.05, 0) is 74.4 Å². The average Bonchev–Trinajstić information content (AvgIpc) is 3.45. The van der Waals surface area contributed by atoms with E-state index < -0.39 is 11.0 Å². The van der Waals surface area contributed by atoms with Crippen LogP contribution < -0.4 is 5.32 Å². The molecule has 1 unspecified atom stereocenters. The number of halogens is 2. The molecule has 1 aliphatic rings. The van der Waals surface area contributed by atoms with Crippen LogP contribution in [-0.2, 0) is 11.0 Å². The molecule has 0 saturated carbocycles. The average molecular weight is 567 g/mol. The molecular formula is C27H24ClFN6OS2. The molecule has 1 fully saturated rings. The number of imidazole rings is 1. The van der Waals surface area contributed by atoms with E-state index in [-0.39, 0.29) is 11.9 Å². The Morgan fingerprint density at radius 2 is 1.89 bits per heavy atom. The van der Waals surface area contributed by atoms with Gasteiger partial charge in [-0.15, -0.1) is 11.3 Å². The van der Waals surface area contributed by atoms with Gasteiger partial charge in [-0.25, -0.2) is 27.9 Å². The Kier molecular flexibility index (Phi) is 6.96. The van der Waals surface area contributed by atoms with Crippen molar-refractivity contribution in [2.24, 2.45) is 0 Å². The van der Waals surface area contributed by atoms with Crippen molar-refractivity contribution in [2.75, 3.05) is 18.4 Å². The Morgan fingerprint density at radius 1 is 1.11 bits per heavy atom. The fourth-order valence-electron chi connectivity index (χ4n) is 4.66. The van der Waals surface area contributed by atoms with Crippen molar-refractivity contribution in [3.8, 4) is 22.6 Å². The molecule has 4 heterocycles. The normalized spacial score (nSPS) is 17.1. The molecule has 2 aromatic carbocycles. The van der Waals surface area contributed by atoms with Gasteiger partial charge < -0.3 is 5.32 Å². The number of piperidine rings is 1. The van der Waals surface area contributed by atoms with Crippen LogP contribution in [0.2, 0.25) is 5.02 Å². The summed E-state index contributed by atoms with van der Waals surface area (Å²) in [4.78, 5) is 16.9. The number of hydrogen-bond acceptors (Lipinski definition) is 6. The van der Waals surface area contributed by atoms with Crippen LogP contribution in [0.4, 0.5) is 10.3 Å². The van der Waals surface area contributed by atoms with Crippen LogP contribution in [0.25, 0.3) is 27.6 Å². The Balaban J connectivity index is 1.27. The fourth-order valence-corrected chi connectivity index (χ4v) is 6.89. The molecule has 6 rings (SSSR count). The van der Waals surface area contributed by atoms with E-state index >= 15 is 0 Å². The standard InChI is InChI=1S/C27H24ClFN6OS2/c1-17-15-35-25(24(33-27(35)37-17)18-4-8-20(29)9-5-18)23-12-13-30-26(32-23)31-21-3-2-14-34(16-21)38(36)22-10-6-19(28)7-11-22/h4-13,15,21H,2-3,14,16H2,1H3,(H,30,31,32)/t21-,38?/m1/s1. The first-order valence-corrected chi connectivity index (χ1v) is 14.5. The number of hydrogen-bond donors (Lipinski definition) is 1. The minimum absolute atomic E-state index is 0.0423. The van der Waals surface area contributed by atoms with Crippen LogP contribution >= 0.6 is 22.9 Å². The van der Waals surface area contributed by atoms with Crippen molar-refractivity contribution in [3.05, 3.63) is 82.7 Å². The fraction of sp³-hybridized carbons (Fsp3) is 0.222. The molecule has 3 aromatic heterocycles. The summed E-state index contributed by atoms with van der Waals surface area (Å²) in [5.74, 6) is 0.206. The van der Waals surface area contributed by atoms with Crippen molar-refractivity contribution in [2.45, 2.75) is 30.7 Å². The molecule has 0 radical (unpaired) electrons. The zero-order valence-electron chi connectivity index (χ0n) is 20.5. The van der Waals surface area contributed by atoms with E-state index in [4.69, 9.17) is 21.6 Å². The minimum atomic E-state index is -1.27. The summed E-state index contributed by atoms with van der Waals surface area (Å²) in [7, 11) is -1.27. The maximum absolute atomic E-state index is 13.6. The first-order chi connectivity index (χ1) is 18.4. The molecule has 194 valence electrons. The predicted octanol–water partition coefficient (Wildman–Crippen LogP) is 6.22. The quantitative estimate of drug-likeness (QED) is 0.264. The van der Waals surface area contributed by atoms with Gasteiger partial charge in [0.15, 0.2) is 4.96 Å². The maximum atomic E-state index is 13.6. The molecule has 1 N–H and O–H groups in total. The highest BCUT2D eigenvalue weighted by Gasteiger charge is 2.26. The minimum Gasteiger partial charge on any atom is -0.350 e. The van der Waals surface area contributed by atoms with Crippen molar-refractivity contribution in [3.63, 3.8) is 0 Å². The van der Waals surface area contributed by atoms with Gasteiger partial charge in [0.05, 0.1) is 16.3 Å². The van der Waals surface area contributed by atoms with Gasteiger partial charge in [-0.3, -0.25) is 4.40 Å². The molecule has 5 aromatic rings. The van der Waals surface area contributed by atoms with E-state index in [1.165, 1.54) is 12.1 Å². The Morgan fingerprint density at radius 3 is 2.68 bits per heavy atom. The lowest BCUT2D eigenvalue weighted by Crippen LogP contribution is -2.43. The Labute approximate surface area is 230 Å². The molecule has 0 amide bonds. The largest absolute Gasteiger partial charge is 0.350 e. The van der Waals surface area contributed by atoms with Crippen molar-refractivity contribution in [1.82, 2.24) is 23.7 Å². The van der Waals surface area contributed by atoms with Gasteiger partial charge in [0.2, 0.25) is 5.95 Å². The molecule has 0 aliphatic carbocycles. The third-order valence-electron chi connectivity index (χ3n) is 6.42. The van der Waals surface area contributed by atoms with E-state index in [9.17, 15) is 8.60 Å². The summed E-state index contributed by atoms with van der Waals surface area (Å²) in [5.41, 5.74) is 3.10. The number of nitrogens with one attached hydrogen (secondary N) is 1. The predicted molar refractivity (Wildman–Crippen MR) is 150 cm³/mol. The zero-order valence-corrected chi connectivity index (χ0v) is 22.9. The number of fused-ring (bicyclic) bond motifs is 1. The lowest BCUT2D eigenvalue weighted by Gasteiger charge is -2.32. The highest BCUT2D eigenvalue weighted by molar-refractivity contribution is 7.82. The van der Waals surface area contributed by atoms with Gasteiger partial charge >= 0.3 is 0 Å². The molecule has 0 bridgehead atoms. The van der Waals surface area contributed by atoms with Gasteiger partial charge in [0, 0.05) is 47.0 Å². The van der Waals surface area contributed by atoms with E-state index in [0.717, 1.165) is 51.1 Å². The van der Waals surface area contributed by atoms with E-state index in [1.807, 2.05) is 27.9 Å². The van der Waals surface area contributed by atoms with Gasteiger partial charge in [-0.1, -0.05) is 11.6 Å². The van der Waals surface area contributed by atoms with Crippen LogP contribution in [0, 0.1) is 12.7 Å². The zero-order chi connectivity index (χ0) is 26.2. The topological polar surface area (TPSA) is 75.4 Å². The van der Waals surface area contributed by atoms with Crippen molar-refractivity contribution < 1.29 is 8.60 Å². The Bertz CT molecular complexity index is 1620. The number of aromatic nitrogens is 4. The van der Waals surface area contributed by atoms with Crippen LogP contribution in [0.1, 0.15) is 17.7 Å². The van der Waals surface area contributed by atoms with E-state index in [2.05, 4.69) is 10.3 Å². The summed E-state index contributed by atoms with van der Waals surface area (Å²) < 4.78 is 30.7. The summed E-state index contributed by atoms with van der Waals surface area (Å²) in [6, 6.07) is 15.4. The molecule has 1 aliphatic heterocycles. The summed E-state index contributed by atoms with van der Waals surface area (Å²) in [6.07, 6.45) is 5.59. The summed E-state index contributed by atoms with van der Waals surface area (Å²) >= 11 is 7.58. The molecule has 11 heteroatoms. The SMILES string of the molecule is Cc1cn2c(-c3ccnc(N[C@@H]4CCCN(S(=O)c5ccc(Cl)cc5)C4)n3)c(-c3ccc(F)cc3)nc2s1. The second kappa shape index (κ2) is 10.5. The number of benzene rings is 2. The molecule has 1 saturated heterocycles. The number of aryl methyl sites for hydroxylation is 1. The second-order valence-electron chi connectivity index (χ2n) is 9.15. The van der Waals surface area contributed by atoms with Gasteiger partial charge in [0.1, 0.15) is 22.5 Å². The maximum Gasteiger partial charge on any atom is 0.223 e. The number of rotatable bonds is 6. The van der Waals surface area contributed by atoms with Gasteiger partial charge in [-0.2, -0.15) is 0 Å². The highest BCUT2D eigenvalue weighted by atomic mass is 35.5. The molecule has 7 nitrogen and oxygen atoms in total. The van der Waals surface area contributed by atoms with Crippen molar-refractivity contribution >= 4 is 44.8 Å². The first-order valence-electron chi connectivity index (χ1n) is 12.2. The molecular weight excluding hydrogens is 543 g/mol. The number of thiazole rings is 1. The van der Waals surface area contributed by atoms with Crippen LogP contribution in [-0.4, -0.2) is 47.0 Å². The molecule has 2 atom stereocenters. The molecule has 0 spiro atoms. The van der Waals surface area contributed by atoms with Gasteiger partial charge in [0.25, 0.3) is 0 Å². The second-order valence-corrected chi connectivity index (χ2v) is 12.3. The lowest BCUT2D eigenvalue weighted by molar-refractivity contribution is 0.342. The lowest BCUT2D eigenvalue weighted by atomic mass is 10.1. The highest BCUT2D eigenvalue weighted by Crippen LogP contribution is 2.35. The molecule has 38 heavy (non-hydrogen) atoms. The summed E-state index contributed by atoms with van der Waals surface area (Å²) in [5, 5.41) is 4.07. The van der Waals surface area contributed by atoms with Crippen LogP contribution in [0.15, 0.2) is 71.9 Å². The number of nitrogens with zero attached hydrogens (tertiary/aromatic N) is 5. The first kappa shape index (κ1) is 25.1. The summed E-state index contributed by atoms with van der Waals surface area (Å²) in [6.45, 7) is 3.39. The smallest absolute Gasteiger partial charge is 0.223 e. The van der Waals surface area contributed by atoms with Crippen LogP contribution in [0.5, 0.6) is 0 Å². The third-order valence-corrected chi connectivity index (χ3v) is 9.05. The van der Waals surface area contributed by atoms with E-state index in [1.54, 1.807) is 53.9 Å². The Hall–Kier alpha value is -3.18. The van der Waals surface area contributed by atoms with Crippen LogP contribution in [0.3, 0.4) is 0 Å². The number of anilines is 1. The monoisotopic (exact) mass is 566 g/mol. The van der Waals surface area contributed by atoms with E-state index in [0.29, 0.717) is 23.2 Å². The third kappa shape index (κ3) is 5.09. The van der Waals surface area contributed by atoms with Crippen molar-refractivity contribution in [1.29, 1.82) is 0 Å².